The molecule has 2 N–H and O–H groups in total. The molecular weight excluding hydrogens is 304 g/mol. The number of carbonyl (C=O) groups excluding carboxylic acids is 1. The van der Waals surface area contributed by atoms with Crippen LogP contribution in [0.4, 0.5) is 0 Å². The third kappa shape index (κ3) is 5.09. The van der Waals surface area contributed by atoms with Crippen molar-refractivity contribution in [3.05, 3.63) is 47.8 Å². The molecule has 0 unspecified atom stereocenters. The number of amides is 1. The lowest BCUT2D eigenvalue weighted by atomic mass is 10.1. The van der Waals surface area contributed by atoms with Gasteiger partial charge in [-0.1, -0.05) is 18.2 Å². The first-order valence-corrected chi connectivity index (χ1v) is 8.14. The highest BCUT2D eigenvalue weighted by molar-refractivity contribution is 5.78. The molecule has 2 aromatic rings. The number of hydrogen-bond donors (Lipinski definition) is 2. The Morgan fingerprint density at radius 1 is 1.33 bits per heavy atom. The Labute approximate surface area is 143 Å². The highest BCUT2D eigenvalue weighted by Gasteiger charge is 2.14. The van der Waals surface area contributed by atoms with Crippen LogP contribution in [0.25, 0.3) is 0 Å². The molecule has 0 spiro atoms. The van der Waals surface area contributed by atoms with Crippen LogP contribution >= 0.6 is 0 Å². The number of nitrogens with zero attached hydrogens (tertiary/aromatic N) is 2. The lowest BCUT2D eigenvalue weighted by Crippen LogP contribution is -2.40. The van der Waals surface area contributed by atoms with E-state index in [9.17, 15) is 4.79 Å². The van der Waals surface area contributed by atoms with Gasteiger partial charge in [0.05, 0.1) is 32.4 Å². The summed E-state index contributed by atoms with van der Waals surface area (Å²) in [6.45, 7) is 6.98. The molecule has 0 saturated carbocycles. The lowest BCUT2D eigenvalue weighted by molar-refractivity contribution is -0.121. The van der Waals surface area contributed by atoms with E-state index < -0.39 is 0 Å². The summed E-state index contributed by atoms with van der Waals surface area (Å²) in [5.74, 6) is 0.734. The van der Waals surface area contributed by atoms with Crippen LogP contribution in [0.1, 0.15) is 31.0 Å². The minimum atomic E-state index is -0.112. The van der Waals surface area contributed by atoms with Gasteiger partial charge in [0.25, 0.3) is 0 Å². The SMILES string of the molecule is COc1ccccc1[C@H](C)NC(=O)CN[C@@H](C)Cn1cc(C)cn1. The van der Waals surface area contributed by atoms with E-state index in [1.165, 1.54) is 0 Å². The highest BCUT2D eigenvalue weighted by Crippen LogP contribution is 2.23. The summed E-state index contributed by atoms with van der Waals surface area (Å²) in [6.07, 6.45) is 3.82. The van der Waals surface area contributed by atoms with Crippen molar-refractivity contribution in [1.82, 2.24) is 20.4 Å². The summed E-state index contributed by atoms with van der Waals surface area (Å²) < 4.78 is 7.22. The number of aryl methyl sites for hydroxylation is 1. The number of para-hydroxylation sites is 1. The summed E-state index contributed by atoms with van der Waals surface area (Å²) in [6, 6.07) is 7.74. The first-order valence-electron chi connectivity index (χ1n) is 8.14. The molecule has 0 aliphatic rings. The van der Waals surface area contributed by atoms with Crippen LogP contribution in [0.3, 0.4) is 0 Å². The third-order valence-electron chi connectivity index (χ3n) is 3.82. The molecule has 2 atom stereocenters. The molecule has 0 bridgehead atoms. The Hall–Kier alpha value is -2.34. The number of hydrogen-bond acceptors (Lipinski definition) is 4. The molecule has 0 aliphatic heterocycles. The van der Waals surface area contributed by atoms with Crippen LogP contribution < -0.4 is 15.4 Å². The van der Waals surface area contributed by atoms with Crippen molar-refractivity contribution in [3.63, 3.8) is 0 Å². The van der Waals surface area contributed by atoms with Crippen molar-refractivity contribution >= 4 is 5.91 Å². The fourth-order valence-electron chi connectivity index (χ4n) is 2.57. The molecule has 0 fully saturated rings. The van der Waals surface area contributed by atoms with Crippen LogP contribution in [0.5, 0.6) is 5.75 Å². The minimum Gasteiger partial charge on any atom is -0.496 e. The van der Waals surface area contributed by atoms with Gasteiger partial charge in [-0.05, 0) is 32.4 Å². The minimum absolute atomic E-state index is 0.0445. The number of aromatic nitrogens is 2. The van der Waals surface area contributed by atoms with Gasteiger partial charge in [0, 0.05) is 17.8 Å². The van der Waals surface area contributed by atoms with Crippen molar-refractivity contribution in [2.45, 2.75) is 39.4 Å². The van der Waals surface area contributed by atoms with Crippen molar-refractivity contribution < 1.29 is 9.53 Å². The second kappa shape index (κ2) is 8.49. The van der Waals surface area contributed by atoms with E-state index in [4.69, 9.17) is 4.74 Å². The first kappa shape index (κ1) is 18.0. The Bertz CT molecular complexity index is 669. The van der Waals surface area contributed by atoms with E-state index in [1.807, 2.05) is 62.1 Å². The van der Waals surface area contributed by atoms with E-state index in [2.05, 4.69) is 15.7 Å². The van der Waals surface area contributed by atoms with E-state index in [0.29, 0.717) is 0 Å². The monoisotopic (exact) mass is 330 g/mol. The average Bonchev–Trinajstić information content (AvgIpc) is 2.97. The largest absolute Gasteiger partial charge is 0.496 e. The molecule has 1 aromatic carbocycles. The van der Waals surface area contributed by atoms with Crippen LogP contribution in [-0.4, -0.2) is 35.4 Å². The average molecular weight is 330 g/mol. The second-order valence-electron chi connectivity index (χ2n) is 6.05. The Kier molecular flexibility index (Phi) is 6.37. The number of benzene rings is 1. The van der Waals surface area contributed by atoms with Crippen LogP contribution in [0.2, 0.25) is 0 Å². The van der Waals surface area contributed by atoms with Gasteiger partial charge >= 0.3 is 0 Å². The second-order valence-corrected chi connectivity index (χ2v) is 6.05. The fraction of sp³-hybridized carbons (Fsp3) is 0.444. The van der Waals surface area contributed by atoms with Crippen molar-refractivity contribution in [2.24, 2.45) is 0 Å². The van der Waals surface area contributed by atoms with Gasteiger partial charge in [-0.25, -0.2) is 0 Å². The van der Waals surface area contributed by atoms with Gasteiger partial charge in [0.2, 0.25) is 5.91 Å². The zero-order valence-electron chi connectivity index (χ0n) is 14.7. The Morgan fingerprint density at radius 3 is 2.75 bits per heavy atom. The fourth-order valence-corrected chi connectivity index (χ4v) is 2.57. The molecule has 6 heteroatoms. The predicted octanol–water partition coefficient (Wildman–Crippen LogP) is 2.06. The van der Waals surface area contributed by atoms with Crippen LogP contribution in [-0.2, 0) is 11.3 Å². The molecule has 6 nitrogen and oxygen atoms in total. The summed E-state index contributed by atoms with van der Waals surface area (Å²) in [5.41, 5.74) is 2.10. The smallest absolute Gasteiger partial charge is 0.234 e. The quantitative estimate of drug-likeness (QED) is 0.777. The summed E-state index contributed by atoms with van der Waals surface area (Å²) in [4.78, 5) is 12.2. The molecule has 0 radical (unpaired) electrons. The maximum atomic E-state index is 12.2. The molecule has 1 aromatic heterocycles. The third-order valence-corrected chi connectivity index (χ3v) is 3.82. The van der Waals surface area contributed by atoms with Crippen molar-refractivity contribution in [3.8, 4) is 5.75 Å². The molecule has 2 rings (SSSR count). The van der Waals surface area contributed by atoms with E-state index >= 15 is 0 Å². The van der Waals surface area contributed by atoms with Gasteiger partial charge < -0.3 is 15.4 Å². The van der Waals surface area contributed by atoms with Gasteiger partial charge in [0.15, 0.2) is 0 Å². The summed E-state index contributed by atoms with van der Waals surface area (Å²) in [5, 5.41) is 10.5. The van der Waals surface area contributed by atoms with Crippen LogP contribution in [0, 0.1) is 6.92 Å². The molecular formula is C18H26N4O2. The van der Waals surface area contributed by atoms with E-state index in [0.717, 1.165) is 23.4 Å². The first-order chi connectivity index (χ1) is 11.5. The van der Waals surface area contributed by atoms with Gasteiger partial charge in [-0.15, -0.1) is 0 Å². The number of ether oxygens (including phenoxy) is 1. The van der Waals surface area contributed by atoms with E-state index in [-0.39, 0.29) is 24.5 Å². The summed E-state index contributed by atoms with van der Waals surface area (Å²) >= 11 is 0. The van der Waals surface area contributed by atoms with Gasteiger partial charge in [-0.3, -0.25) is 9.48 Å². The number of rotatable bonds is 8. The Morgan fingerprint density at radius 2 is 2.08 bits per heavy atom. The van der Waals surface area contributed by atoms with Gasteiger partial charge in [-0.2, -0.15) is 5.10 Å². The molecule has 0 saturated heterocycles. The maximum Gasteiger partial charge on any atom is 0.234 e. The normalized spacial score (nSPS) is 13.3. The molecule has 1 heterocycles. The molecule has 24 heavy (non-hydrogen) atoms. The maximum absolute atomic E-state index is 12.2. The number of nitrogens with one attached hydrogen (secondary N) is 2. The standard InChI is InChI=1S/C18H26N4O2/c1-13-9-20-22(11-13)12-14(2)19-10-18(23)21-15(3)16-7-5-6-8-17(16)24-4/h5-9,11,14-15,19H,10,12H2,1-4H3,(H,21,23)/t14-,15-/m0/s1. The molecule has 1 amide bonds. The molecule has 0 aliphatic carbocycles. The van der Waals surface area contributed by atoms with Crippen molar-refractivity contribution in [1.29, 1.82) is 0 Å². The summed E-state index contributed by atoms with van der Waals surface area (Å²) in [7, 11) is 1.63. The van der Waals surface area contributed by atoms with Crippen LogP contribution in [0.15, 0.2) is 36.7 Å². The van der Waals surface area contributed by atoms with Gasteiger partial charge in [0.1, 0.15) is 5.75 Å². The Balaban J connectivity index is 1.80. The highest BCUT2D eigenvalue weighted by atomic mass is 16.5. The zero-order valence-corrected chi connectivity index (χ0v) is 14.7. The lowest BCUT2D eigenvalue weighted by Gasteiger charge is -2.18. The number of carbonyl (C=O) groups is 1. The predicted molar refractivity (Wildman–Crippen MR) is 94.0 cm³/mol. The number of methoxy groups -OCH3 is 1. The van der Waals surface area contributed by atoms with E-state index in [1.54, 1.807) is 7.11 Å². The topological polar surface area (TPSA) is 68.2 Å². The molecule has 130 valence electrons. The van der Waals surface area contributed by atoms with Crippen molar-refractivity contribution in [2.75, 3.05) is 13.7 Å². The zero-order chi connectivity index (χ0) is 17.5.